The van der Waals surface area contributed by atoms with E-state index < -0.39 is 11.4 Å². The van der Waals surface area contributed by atoms with Crippen LogP contribution in [0.25, 0.3) is 0 Å². The molecule has 0 amide bonds. The van der Waals surface area contributed by atoms with Gasteiger partial charge in [-0.2, -0.15) is 4.98 Å². The van der Waals surface area contributed by atoms with Gasteiger partial charge in [0.25, 0.3) is 5.56 Å². The number of fused-ring (bicyclic) bond motifs is 1. The number of rotatable bonds is 7. The molecule has 0 aromatic carbocycles. The number of nitrogens with two attached hydrogens (primary N) is 1. The molecule has 0 saturated heterocycles. The molecule has 10 nitrogen and oxygen atoms in total. The highest BCUT2D eigenvalue weighted by Gasteiger charge is 2.33. The fourth-order valence-corrected chi connectivity index (χ4v) is 2.30. The maximum Gasteiger partial charge on any atom is 0.302 e. The number of hydrogen-bond donors (Lipinski definition) is 5. The first-order valence-corrected chi connectivity index (χ1v) is 7.14. The van der Waals surface area contributed by atoms with Crippen molar-refractivity contribution in [1.82, 2.24) is 9.97 Å². The van der Waals surface area contributed by atoms with E-state index in [1.807, 2.05) is 0 Å². The molecule has 0 radical (unpaired) electrons. The molecule has 0 bridgehead atoms. The first kappa shape index (κ1) is 17.0. The van der Waals surface area contributed by atoms with Gasteiger partial charge < -0.3 is 30.9 Å². The summed E-state index contributed by atoms with van der Waals surface area (Å²) in [7, 11) is 0. The van der Waals surface area contributed by atoms with Crippen LogP contribution in [0.15, 0.2) is 4.79 Å². The van der Waals surface area contributed by atoms with E-state index >= 15 is 0 Å². The maximum absolute atomic E-state index is 11.8. The molecule has 1 aromatic heterocycles. The van der Waals surface area contributed by atoms with Gasteiger partial charge in [-0.1, -0.05) is 0 Å². The van der Waals surface area contributed by atoms with Crippen LogP contribution in [0.3, 0.4) is 0 Å². The Morgan fingerprint density at radius 2 is 2.17 bits per heavy atom. The molecule has 1 aliphatic heterocycles. The second kappa shape index (κ2) is 6.84. The zero-order valence-electron chi connectivity index (χ0n) is 12.8. The number of aliphatic hydroxyl groups excluding tert-OH is 2. The summed E-state index contributed by atoms with van der Waals surface area (Å²) < 4.78 is 4.93. The van der Waals surface area contributed by atoms with Gasteiger partial charge in [-0.15, -0.1) is 0 Å². The van der Waals surface area contributed by atoms with Crippen molar-refractivity contribution in [2.75, 3.05) is 49.0 Å². The number of aromatic nitrogens is 2. The summed E-state index contributed by atoms with van der Waals surface area (Å²) in [5, 5.41) is 22.1. The molecule has 128 valence electrons. The third kappa shape index (κ3) is 3.71. The van der Waals surface area contributed by atoms with E-state index in [1.54, 1.807) is 4.90 Å². The Balaban J connectivity index is 2.09. The number of carbonyl (C=O) groups is 1. The van der Waals surface area contributed by atoms with Crippen LogP contribution in [0.4, 0.5) is 17.5 Å². The van der Waals surface area contributed by atoms with Crippen molar-refractivity contribution >= 4 is 23.4 Å². The monoisotopic (exact) mass is 327 g/mol. The average molecular weight is 327 g/mol. The standard InChI is InChI=1S/C13H21N5O5/c1-8(21)23-6-13(4-19,5-20)2-3-18-7-15-9-10(18)16-12(14)17-11(9)22/h15,19-20H,2-7H2,1H3,(H3,14,16,17,22). The van der Waals surface area contributed by atoms with Crippen molar-refractivity contribution in [1.29, 1.82) is 0 Å². The molecule has 2 rings (SSSR count). The third-order valence-corrected chi connectivity index (χ3v) is 3.83. The minimum atomic E-state index is -0.957. The molecular weight excluding hydrogens is 306 g/mol. The van der Waals surface area contributed by atoms with E-state index in [9.17, 15) is 19.8 Å². The number of carbonyl (C=O) groups excluding carboxylic acids is 1. The van der Waals surface area contributed by atoms with Gasteiger partial charge >= 0.3 is 5.97 Å². The molecule has 0 saturated carbocycles. The van der Waals surface area contributed by atoms with Crippen LogP contribution in [0.1, 0.15) is 13.3 Å². The number of anilines is 3. The van der Waals surface area contributed by atoms with Gasteiger partial charge in [0.1, 0.15) is 12.3 Å². The van der Waals surface area contributed by atoms with Gasteiger partial charge in [0.15, 0.2) is 5.82 Å². The lowest BCUT2D eigenvalue weighted by Crippen LogP contribution is -2.40. The Morgan fingerprint density at radius 1 is 1.48 bits per heavy atom. The van der Waals surface area contributed by atoms with Crippen LogP contribution in [0, 0.1) is 5.41 Å². The fraction of sp³-hybridized carbons (Fsp3) is 0.615. The number of aromatic amines is 1. The van der Waals surface area contributed by atoms with E-state index in [1.165, 1.54) is 6.92 Å². The summed E-state index contributed by atoms with van der Waals surface area (Å²) in [4.78, 5) is 31.0. The normalized spacial score (nSPS) is 13.6. The van der Waals surface area contributed by atoms with Crippen molar-refractivity contribution < 1.29 is 19.7 Å². The topological polar surface area (TPSA) is 154 Å². The van der Waals surface area contributed by atoms with Crippen LogP contribution < -0.4 is 21.5 Å². The predicted molar refractivity (Wildman–Crippen MR) is 83.0 cm³/mol. The Kier molecular flexibility index (Phi) is 5.06. The molecule has 10 heteroatoms. The zero-order valence-corrected chi connectivity index (χ0v) is 12.8. The summed E-state index contributed by atoms with van der Waals surface area (Å²) in [5.41, 5.74) is 4.57. The number of ether oxygens (including phenoxy) is 1. The zero-order chi connectivity index (χ0) is 17.0. The Hall–Kier alpha value is -2.33. The number of nitrogen functional groups attached to an aromatic ring is 1. The lowest BCUT2D eigenvalue weighted by Gasteiger charge is -2.31. The molecule has 23 heavy (non-hydrogen) atoms. The Morgan fingerprint density at radius 3 is 2.78 bits per heavy atom. The number of hydrogen-bond acceptors (Lipinski definition) is 9. The highest BCUT2D eigenvalue weighted by molar-refractivity contribution is 5.70. The van der Waals surface area contributed by atoms with Gasteiger partial charge in [-0.25, -0.2) is 0 Å². The summed E-state index contributed by atoms with van der Waals surface area (Å²) in [6, 6.07) is 0. The van der Waals surface area contributed by atoms with Gasteiger partial charge in [0, 0.05) is 13.5 Å². The molecule has 0 fully saturated rings. The smallest absolute Gasteiger partial charge is 0.302 e. The lowest BCUT2D eigenvalue weighted by atomic mass is 9.87. The van der Waals surface area contributed by atoms with E-state index in [-0.39, 0.29) is 31.3 Å². The number of aliphatic hydroxyl groups is 2. The molecule has 0 spiro atoms. The second-order valence-corrected chi connectivity index (χ2v) is 5.59. The van der Waals surface area contributed by atoms with Crippen LogP contribution in [-0.2, 0) is 9.53 Å². The van der Waals surface area contributed by atoms with E-state index in [0.29, 0.717) is 31.1 Å². The van der Waals surface area contributed by atoms with E-state index in [0.717, 1.165) is 0 Å². The molecule has 0 atom stereocenters. The van der Waals surface area contributed by atoms with Crippen molar-refractivity contribution in [2.45, 2.75) is 13.3 Å². The van der Waals surface area contributed by atoms with Crippen LogP contribution in [0.2, 0.25) is 0 Å². The van der Waals surface area contributed by atoms with Crippen LogP contribution in [0.5, 0.6) is 0 Å². The average Bonchev–Trinajstić information content (AvgIpc) is 2.91. The van der Waals surface area contributed by atoms with Gasteiger partial charge in [-0.3, -0.25) is 14.6 Å². The minimum Gasteiger partial charge on any atom is -0.465 e. The van der Waals surface area contributed by atoms with Gasteiger partial charge in [-0.05, 0) is 6.42 Å². The molecular formula is C13H21N5O5. The summed E-state index contributed by atoms with van der Waals surface area (Å²) in [5.74, 6) is -0.0492. The largest absolute Gasteiger partial charge is 0.465 e. The summed E-state index contributed by atoms with van der Waals surface area (Å²) in [6.07, 6.45) is 0.336. The second-order valence-electron chi connectivity index (χ2n) is 5.59. The molecule has 1 aromatic rings. The summed E-state index contributed by atoms with van der Waals surface area (Å²) >= 11 is 0. The van der Waals surface area contributed by atoms with Crippen molar-refractivity contribution in [3.05, 3.63) is 10.4 Å². The Labute approximate surface area is 132 Å². The van der Waals surface area contributed by atoms with Crippen LogP contribution in [-0.4, -0.2) is 59.2 Å². The number of nitrogens with zero attached hydrogens (tertiary/aromatic N) is 2. The molecule has 6 N–H and O–H groups in total. The molecule has 0 aliphatic carbocycles. The first-order chi connectivity index (χ1) is 10.9. The lowest BCUT2D eigenvalue weighted by molar-refractivity contribution is -0.147. The Bertz CT molecular complexity index is 628. The summed E-state index contributed by atoms with van der Waals surface area (Å²) in [6.45, 7) is 1.24. The van der Waals surface area contributed by atoms with E-state index in [4.69, 9.17) is 10.5 Å². The molecule has 1 aliphatic rings. The number of esters is 1. The quantitative estimate of drug-likeness (QED) is 0.375. The fourth-order valence-electron chi connectivity index (χ4n) is 2.30. The maximum atomic E-state index is 11.8. The predicted octanol–water partition coefficient (Wildman–Crippen LogP) is -1.53. The van der Waals surface area contributed by atoms with Crippen molar-refractivity contribution in [3.63, 3.8) is 0 Å². The van der Waals surface area contributed by atoms with Crippen molar-refractivity contribution in [3.8, 4) is 0 Å². The highest BCUT2D eigenvalue weighted by Crippen LogP contribution is 2.29. The molecule has 0 unspecified atom stereocenters. The van der Waals surface area contributed by atoms with Gasteiger partial charge in [0.05, 0.1) is 25.3 Å². The van der Waals surface area contributed by atoms with Crippen molar-refractivity contribution in [2.24, 2.45) is 5.41 Å². The van der Waals surface area contributed by atoms with E-state index in [2.05, 4.69) is 15.3 Å². The first-order valence-electron chi connectivity index (χ1n) is 7.14. The number of H-pyrrole nitrogens is 1. The molecule has 2 heterocycles. The van der Waals surface area contributed by atoms with Gasteiger partial charge in [0.2, 0.25) is 5.95 Å². The number of nitrogens with one attached hydrogen (secondary N) is 2. The van der Waals surface area contributed by atoms with Crippen LogP contribution >= 0.6 is 0 Å². The SMILES string of the molecule is CC(=O)OCC(CO)(CO)CCN1CNc2c1nc(N)[nH]c2=O. The minimum absolute atomic E-state index is 0.0120. The third-order valence-electron chi connectivity index (χ3n) is 3.83. The highest BCUT2D eigenvalue weighted by atomic mass is 16.5.